The summed E-state index contributed by atoms with van der Waals surface area (Å²) in [6, 6.07) is 0. The number of rotatable bonds is 15. The molecule has 0 amide bonds. The van der Waals surface area contributed by atoms with E-state index in [1.54, 1.807) is 0 Å². The summed E-state index contributed by atoms with van der Waals surface area (Å²) >= 11 is 0. The minimum atomic E-state index is -0.0452. The van der Waals surface area contributed by atoms with E-state index in [1.165, 1.54) is 70.6 Å². The number of hydrogen-bond acceptors (Lipinski definition) is 2. The number of aliphatic hydroxyl groups excluding tert-OH is 2. The quantitative estimate of drug-likeness (QED) is 0.337. The summed E-state index contributed by atoms with van der Waals surface area (Å²) in [5.41, 5.74) is 0. The summed E-state index contributed by atoms with van der Waals surface area (Å²) in [7, 11) is 0. The fraction of sp³-hybridized carbons (Fsp3) is 1.00. The number of unbranched alkanes of at least 4 members (excludes halogenated alkanes) is 7. The Morgan fingerprint density at radius 1 is 0.652 bits per heavy atom. The molecule has 0 aromatic rings. The molecule has 0 saturated heterocycles. The summed E-state index contributed by atoms with van der Waals surface area (Å²) < 4.78 is 0. The molecule has 0 radical (unpaired) electrons. The van der Waals surface area contributed by atoms with Crippen LogP contribution in [0.2, 0.25) is 0 Å². The van der Waals surface area contributed by atoms with Crippen LogP contribution in [0.15, 0.2) is 0 Å². The van der Waals surface area contributed by atoms with Gasteiger partial charge in [-0.3, -0.25) is 0 Å². The first-order chi connectivity index (χ1) is 11.1. The highest BCUT2D eigenvalue weighted by molar-refractivity contribution is 4.53. The lowest BCUT2D eigenvalue weighted by atomic mass is 9.99. The summed E-state index contributed by atoms with van der Waals surface area (Å²) in [6.07, 6.45) is 17.3. The molecule has 0 bridgehead atoms. The second-order valence-electron chi connectivity index (χ2n) is 7.09. The zero-order valence-electron chi connectivity index (χ0n) is 16.7. The first-order valence-electron chi connectivity index (χ1n) is 10.4. The molecule has 2 atom stereocenters. The first kappa shape index (κ1) is 25.2. The van der Waals surface area contributed by atoms with Gasteiger partial charge in [-0.2, -0.15) is 0 Å². The maximum Gasteiger partial charge on any atom is 0.0537 e. The van der Waals surface area contributed by atoms with Crippen molar-refractivity contribution < 1.29 is 10.2 Å². The van der Waals surface area contributed by atoms with Gasteiger partial charge in [0.1, 0.15) is 0 Å². The third kappa shape index (κ3) is 24.3. The topological polar surface area (TPSA) is 40.5 Å². The van der Waals surface area contributed by atoms with E-state index in [4.69, 9.17) is 5.11 Å². The molecule has 23 heavy (non-hydrogen) atoms. The minimum Gasteiger partial charge on any atom is -0.396 e. The molecule has 2 heteroatoms. The fourth-order valence-electron chi connectivity index (χ4n) is 2.78. The van der Waals surface area contributed by atoms with Crippen LogP contribution < -0.4 is 0 Å². The van der Waals surface area contributed by atoms with Crippen LogP contribution in [-0.4, -0.2) is 22.9 Å². The highest BCUT2D eigenvalue weighted by Gasteiger charge is 1.99. The van der Waals surface area contributed by atoms with Gasteiger partial charge in [0.25, 0.3) is 0 Å². The molecule has 0 aliphatic heterocycles. The van der Waals surface area contributed by atoms with Crippen LogP contribution in [0.1, 0.15) is 118 Å². The van der Waals surface area contributed by atoms with E-state index in [-0.39, 0.29) is 6.10 Å². The first-order valence-corrected chi connectivity index (χ1v) is 10.4. The average molecular weight is 331 g/mol. The average Bonchev–Trinajstić information content (AvgIpc) is 2.55. The van der Waals surface area contributed by atoms with Crippen LogP contribution in [0.25, 0.3) is 0 Å². The Balaban J connectivity index is 0. The number of hydrogen-bond donors (Lipinski definition) is 2. The second-order valence-corrected chi connectivity index (χ2v) is 7.09. The smallest absolute Gasteiger partial charge is 0.0537 e. The molecular weight excluding hydrogens is 284 g/mol. The maximum atomic E-state index is 9.26. The molecular formula is C21H46O2. The predicted molar refractivity (Wildman–Crippen MR) is 104 cm³/mol. The van der Waals surface area contributed by atoms with E-state index >= 15 is 0 Å². The van der Waals surface area contributed by atoms with Crippen molar-refractivity contribution >= 4 is 0 Å². The van der Waals surface area contributed by atoms with Crippen molar-refractivity contribution in [2.45, 2.75) is 124 Å². The summed E-state index contributed by atoms with van der Waals surface area (Å²) in [5, 5.41) is 17.8. The van der Waals surface area contributed by atoms with Crippen LogP contribution in [0.3, 0.4) is 0 Å². The van der Waals surface area contributed by atoms with E-state index in [1.807, 2.05) is 6.92 Å². The van der Waals surface area contributed by atoms with Gasteiger partial charge in [-0.25, -0.2) is 0 Å². The molecule has 0 aliphatic rings. The molecule has 0 saturated carbocycles. The molecule has 0 rings (SSSR count). The normalized spacial score (nSPS) is 13.3. The van der Waals surface area contributed by atoms with Crippen LogP contribution in [0.5, 0.6) is 0 Å². The zero-order valence-corrected chi connectivity index (χ0v) is 16.7. The molecule has 2 N–H and O–H groups in total. The molecule has 2 nitrogen and oxygen atoms in total. The van der Waals surface area contributed by atoms with Crippen LogP contribution in [0, 0.1) is 5.92 Å². The molecule has 0 heterocycles. The highest BCUT2D eigenvalue weighted by Crippen LogP contribution is 2.14. The fourth-order valence-corrected chi connectivity index (χ4v) is 2.78. The van der Waals surface area contributed by atoms with Crippen molar-refractivity contribution in [3.63, 3.8) is 0 Å². The standard InChI is InChI=1S/C11H24O.C10H22O/c1-3-5-6-7-8-9-10-11(12)4-2;1-3-7-10(2)8-5-4-6-9-11/h11-12H,3-10H2,1-2H3;10-11H,3-9H2,1-2H3. The molecule has 0 aromatic carbocycles. The lowest BCUT2D eigenvalue weighted by Gasteiger charge is -2.08. The Morgan fingerprint density at radius 3 is 1.78 bits per heavy atom. The molecule has 0 aromatic heterocycles. The Bertz CT molecular complexity index is 194. The molecule has 2 unspecified atom stereocenters. The second kappa shape index (κ2) is 21.9. The van der Waals surface area contributed by atoms with E-state index in [0.29, 0.717) is 6.61 Å². The Labute approximate surface area is 147 Å². The van der Waals surface area contributed by atoms with E-state index in [9.17, 15) is 5.11 Å². The van der Waals surface area contributed by atoms with Crippen molar-refractivity contribution in [3.8, 4) is 0 Å². The van der Waals surface area contributed by atoms with Crippen LogP contribution >= 0.6 is 0 Å². The third-order valence-electron chi connectivity index (χ3n) is 4.50. The van der Waals surface area contributed by atoms with Crippen molar-refractivity contribution in [3.05, 3.63) is 0 Å². The zero-order chi connectivity index (χ0) is 17.8. The molecule has 142 valence electrons. The minimum absolute atomic E-state index is 0.0452. The summed E-state index contributed by atoms with van der Waals surface area (Å²) in [6.45, 7) is 9.21. The van der Waals surface area contributed by atoms with Gasteiger partial charge < -0.3 is 10.2 Å². The van der Waals surface area contributed by atoms with Crippen LogP contribution in [0.4, 0.5) is 0 Å². The van der Waals surface area contributed by atoms with E-state index < -0.39 is 0 Å². The number of aliphatic hydroxyl groups is 2. The van der Waals surface area contributed by atoms with Gasteiger partial charge in [0.2, 0.25) is 0 Å². The maximum absolute atomic E-state index is 9.26. The molecule has 0 aliphatic carbocycles. The van der Waals surface area contributed by atoms with Gasteiger partial charge in [0.15, 0.2) is 0 Å². The summed E-state index contributed by atoms with van der Waals surface area (Å²) in [4.78, 5) is 0. The van der Waals surface area contributed by atoms with Crippen molar-refractivity contribution in [1.29, 1.82) is 0 Å². The van der Waals surface area contributed by atoms with Gasteiger partial charge in [-0.15, -0.1) is 0 Å². The SMILES string of the molecule is CCCC(C)CCCCCO.CCCCCCCCC(O)CC. The van der Waals surface area contributed by atoms with Gasteiger partial charge in [-0.05, 0) is 25.2 Å². The Morgan fingerprint density at radius 2 is 1.22 bits per heavy atom. The lowest BCUT2D eigenvalue weighted by Crippen LogP contribution is -2.03. The van der Waals surface area contributed by atoms with E-state index in [0.717, 1.165) is 25.2 Å². The molecule has 0 spiro atoms. The Kier molecular flexibility index (Phi) is 24.0. The van der Waals surface area contributed by atoms with Gasteiger partial charge >= 0.3 is 0 Å². The predicted octanol–water partition coefficient (Wildman–Crippen LogP) is 6.48. The molecule has 0 fully saturated rings. The lowest BCUT2D eigenvalue weighted by molar-refractivity contribution is 0.156. The third-order valence-corrected chi connectivity index (χ3v) is 4.50. The van der Waals surface area contributed by atoms with Gasteiger partial charge in [0, 0.05) is 6.61 Å². The van der Waals surface area contributed by atoms with Gasteiger partial charge in [-0.1, -0.05) is 98.3 Å². The van der Waals surface area contributed by atoms with Gasteiger partial charge in [0.05, 0.1) is 6.10 Å². The van der Waals surface area contributed by atoms with E-state index in [2.05, 4.69) is 20.8 Å². The van der Waals surface area contributed by atoms with Crippen LogP contribution in [-0.2, 0) is 0 Å². The van der Waals surface area contributed by atoms with Crippen molar-refractivity contribution in [2.75, 3.05) is 6.61 Å². The Hall–Kier alpha value is -0.0800. The largest absolute Gasteiger partial charge is 0.396 e. The monoisotopic (exact) mass is 330 g/mol. The highest BCUT2D eigenvalue weighted by atomic mass is 16.3. The van der Waals surface area contributed by atoms with Crippen molar-refractivity contribution in [1.82, 2.24) is 0 Å². The summed E-state index contributed by atoms with van der Waals surface area (Å²) in [5.74, 6) is 0.888. The van der Waals surface area contributed by atoms with Crippen molar-refractivity contribution in [2.24, 2.45) is 5.92 Å².